The zero-order chi connectivity index (χ0) is 16.5. The Morgan fingerprint density at radius 2 is 2.18 bits per heavy atom. The molecule has 22 heavy (non-hydrogen) atoms. The Balaban J connectivity index is 2.20. The molecule has 9 heteroatoms. The van der Waals surface area contributed by atoms with Crippen molar-refractivity contribution >= 4 is 27.3 Å². The number of sulfonamides is 1. The van der Waals surface area contributed by atoms with E-state index in [1.165, 1.54) is 25.2 Å². The Hall–Kier alpha value is -1.68. The number of aryl methyl sites for hydroxylation is 1. The van der Waals surface area contributed by atoms with Gasteiger partial charge in [0.1, 0.15) is 16.3 Å². The largest absolute Gasteiger partial charge is 0.475 e. The lowest BCUT2D eigenvalue weighted by Gasteiger charge is -2.22. The molecule has 3 N–H and O–H groups in total. The third-order valence-electron chi connectivity index (χ3n) is 3.12. The summed E-state index contributed by atoms with van der Waals surface area (Å²) in [6, 6.07) is 2.64. The average Bonchev–Trinajstić information content (AvgIpc) is 3.06. The molecule has 0 aromatic carbocycles. The maximum absolute atomic E-state index is 12.2. The highest BCUT2D eigenvalue weighted by molar-refractivity contribution is 7.89. The van der Waals surface area contributed by atoms with E-state index >= 15 is 0 Å². The summed E-state index contributed by atoms with van der Waals surface area (Å²) >= 11 is 1.39. The van der Waals surface area contributed by atoms with Crippen molar-refractivity contribution in [3.05, 3.63) is 40.0 Å². The lowest BCUT2D eigenvalue weighted by atomic mass is 10.0. The number of hydrogen-bond acceptors (Lipinski definition) is 6. The molecular weight excluding hydrogens is 330 g/mol. The van der Waals surface area contributed by atoms with E-state index in [9.17, 15) is 18.3 Å². The van der Waals surface area contributed by atoms with Gasteiger partial charge in [-0.05, 0) is 36.2 Å². The number of carboxylic acids is 1. The molecule has 7 nitrogen and oxygen atoms in total. The number of aromatic carboxylic acids is 1. The molecule has 1 atom stereocenters. The first-order valence-electron chi connectivity index (χ1n) is 6.22. The van der Waals surface area contributed by atoms with Crippen molar-refractivity contribution in [2.45, 2.75) is 24.3 Å². The van der Waals surface area contributed by atoms with Crippen LogP contribution in [0.2, 0.25) is 0 Å². The highest BCUT2D eigenvalue weighted by atomic mass is 32.2. The fourth-order valence-electron chi connectivity index (χ4n) is 1.82. The minimum absolute atomic E-state index is 0.0277. The summed E-state index contributed by atoms with van der Waals surface area (Å²) in [5.41, 5.74) is -0.782. The summed E-state index contributed by atoms with van der Waals surface area (Å²) in [6.07, 6.45) is 0. The van der Waals surface area contributed by atoms with Gasteiger partial charge in [0.2, 0.25) is 15.8 Å². The lowest BCUT2D eigenvalue weighted by molar-refractivity contribution is 0.0631. The van der Waals surface area contributed by atoms with E-state index in [1.54, 1.807) is 16.8 Å². The fourth-order valence-corrected chi connectivity index (χ4v) is 3.92. The standard InChI is InChI=1S/C13H15NO6S2/c1-8-11(5-10(20-8)12(15)16)22(18,19)14-7-13(2,17)9-3-4-21-6-9/h3-6,14,17H,7H2,1-2H3,(H,15,16). The van der Waals surface area contributed by atoms with E-state index in [1.807, 2.05) is 0 Å². The first-order valence-corrected chi connectivity index (χ1v) is 8.64. The number of nitrogens with one attached hydrogen (secondary N) is 1. The first-order chi connectivity index (χ1) is 10.1. The Labute approximate surface area is 131 Å². The second-order valence-electron chi connectivity index (χ2n) is 4.95. The van der Waals surface area contributed by atoms with Gasteiger partial charge < -0.3 is 14.6 Å². The molecule has 0 aliphatic heterocycles. The number of thiophene rings is 1. The van der Waals surface area contributed by atoms with Gasteiger partial charge in [-0.3, -0.25) is 0 Å². The topological polar surface area (TPSA) is 117 Å². The second kappa shape index (κ2) is 5.84. The molecule has 2 aromatic rings. The molecule has 120 valence electrons. The van der Waals surface area contributed by atoms with Gasteiger partial charge in [-0.25, -0.2) is 17.9 Å². The summed E-state index contributed by atoms with van der Waals surface area (Å²) in [5, 5.41) is 22.6. The van der Waals surface area contributed by atoms with Crippen LogP contribution in [0, 0.1) is 6.92 Å². The molecule has 2 heterocycles. The van der Waals surface area contributed by atoms with E-state index in [-0.39, 0.29) is 17.2 Å². The monoisotopic (exact) mass is 345 g/mol. The van der Waals surface area contributed by atoms with Gasteiger partial charge in [-0.1, -0.05) is 0 Å². The number of aliphatic hydroxyl groups is 1. The van der Waals surface area contributed by atoms with Gasteiger partial charge in [0.25, 0.3) is 0 Å². The molecular formula is C13H15NO6S2. The van der Waals surface area contributed by atoms with E-state index in [4.69, 9.17) is 9.52 Å². The van der Waals surface area contributed by atoms with Crippen LogP contribution in [0.15, 0.2) is 32.2 Å². The Kier molecular flexibility index (Phi) is 4.43. The number of rotatable bonds is 6. The molecule has 0 aliphatic carbocycles. The zero-order valence-corrected chi connectivity index (χ0v) is 13.5. The van der Waals surface area contributed by atoms with Crippen molar-refractivity contribution in [2.75, 3.05) is 6.54 Å². The van der Waals surface area contributed by atoms with E-state index in [0.717, 1.165) is 6.07 Å². The van der Waals surface area contributed by atoms with Crippen LogP contribution >= 0.6 is 11.3 Å². The summed E-state index contributed by atoms with van der Waals surface area (Å²) in [4.78, 5) is 10.6. The zero-order valence-electron chi connectivity index (χ0n) is 11.9. The van der Waals surface area contributed by atoms with Crippen molar-refractivity contribution < 1.29 is 27.8 Å². The summed E-state index contributed by atoms with van der Waals surface area (Å²) in [7, 11) is -3.99. The quantitative estimate of drug-likeness (QED) is 0.731. The van der Waals surface area contributed by atoms with E-state index in [0.29, 0.717) is 5.56 Å². The third kappa shape index (κ3) is 3.38. The van der Waals surface area contributed by atoms with Crippen LogP contribution < -0.4 is 4.72 Å². The molecule has 0 saturated carbocycles. The predicted molar refractivity (Wildman–Crippen MR) is 79.5 cm³/mol. The first kappa shape index (κ1) is 16.7. The van der Waals surface area contributed by atoms with Gasteiger partial charge in [-0.2, -0.15) is 11.3 Å². The van der Waals surface area contributed by atoms with Crippen molar-refractivity contribution in [2.24, 2.45) is 0 Å². The second-order valence-corrected chi connectivity index (χ2v) is 7.46. The summed E-state index contributed by atoms with van der Waals surface area (Å²) in [6.45, 7) is 2.60. The predicted octanol–water partition coefficient (Wildman–Crippen LogP) is 1.53. The van der Waals surface area contributed by atoms with Crippen LogP contribution in [-0.2, 0) is 15.6 Å². The molecule has 0 fully saturated rings. The highest BCUT2D eigenvalue weighted by Crippen LogP contribution is 2.24. The molecule has 0 aliphatic rings. The minimum atomic E-state index is -3.99. The number of hydrogen-bond donors (Lipinski definition) is 3. The van der Waals surface area contributed by atoms with E-state index < -0.39 is 27.4 Å². The molecule has 0 saturated heterocycles. The smallest absolute Gasteiger partial charge is 0.371 e. The van der Waals surface area contributed by atoms with E-state index in [2.05, 4.69) is 4.72 Å². The van der Waals surface area contributed by atoms with Gasteiger partial charge in [0, 0.05) is 12.6 Å². The maximum atomic E-state index is 12.2. The van der Waals surface area contributed by atoms with Crippen LogP contribution in [0.5, 0.6) is 0 Å². The summed E-state index contributed by atoms with van der Waals surface area (Å²) in [5.74, 6) is -1.84. The number of carbonyl (C=O) groups is 1. The Morgan fingerprint density at radius 3 is 2.68 bits per heavy atom. The van der Waals surface area contributed by atoms with Crippen molar-refractivity contribution in [1.82, 2.24) is 4.72 Å². The van der Waals surface area contributed by atoms with Crippen LogP contribution in [0.25, 0.3) is 0 Å². The normalized spacial score (nSPS) is 14.7. The van der Waals surface area contributed by atoms with Crippen molar-refractivity contribution in [3.8, 4) is 0 Å². The van der Waals surface area contributed by atoms with Gasteiger partial charge in [0.15, 0.2) is 0 Å². The molecule has 0 spiro atoms. The minimum Gasteiger partial charge on any atom is -0.475 e. The Morgan fingerprint density at radius 1 is 1.50 bits per heavy atom. The van der Waals surface area contributed by atoms with Crippen molar-refractivity contribution in [1.29, 1.82) is 0 Å². The van der Waals surface area contributed by atoms with Crippen LogP contribution in [0.4, 0.5) is 0 Å². The van der Waals surface area contributed by atoms with Crippen LogP contribution in [-0.4, -0.2) is 31.1 Å². The molecule has 2 rings (SSSR count). The lowest BCUT2D eigenvalue weighted by Crippen LogP contribution is -2.38. The van der Waals surface area contributed by atoms with Crippen LogP contribution in [0.3, 0.4) is 0 Å². The average molecular weight is 345 g/mol. The van der Waals surface area contributed by atoms with Gasteiger partial charge in [-0.15, -0.1) is 0 Å². The maximum Gasteiger partial charge on any atom is 0.371 e. The number of furan rings is 1. The third-order valence-corrected chi connectivity index (χ3v) is 5.31. The number of carboxylic acid groups (broad SMARTS) is 1. The SMILES string of the molecule is Cc1oc(C(=O)O)cc1S(=O)(=O)NCC(C)(O)c1ccsc1. The summed E-state index contributed by atoms with van der Waals surface area (Å²) < 4.78 is 31.6. The van der Waals surface area contributed by atoms with Crippen molar-refractivity contribution in [3.63, 3.8) is 0 Å². The molecule has 0 bridgehead atoms. The Bertz CT molecular complexity index is 774. The van der Waals surface area contributed by atoms with Crippen LogP contribution in [0.1, 0.15) is 28.8 Å². The highest BCUT2D eigenvalue weighted by Gasteiger charge is 2.29. The fraction of sp³-hybridized carbons (Fsp3) is 0.308. The molecule has 0 radical (unpaired) electrons. The molecule has 0 amide bonds. The molecule has 2 aromatic heterocycles. The van der Waals surface area contributed by atoms with Gasteiger partial charge >= 0.3 is 5.97 Å². The van der Waals surface area contributed by atoms with Gasteiger partial charge in [0.05, 0.1) is 0 Å². The molecule has 1 unspecified atom stereocenters.